The van der Waals surface area contributed by atoms with Crippen molar-refractivity contribution in [2.45, 2.75) is 38.8 Å². The van der Waals surface area contributed by atoms with E-state index in [0.717, 1.165) is 66.3 Å². The fourth-order valence-corrected chi connectivity index (χ4v) is 5.72. The maximum absolute atomic E-state index is 6.21. The molecule has 1 aliphatic carbocycles. The first-order valence-corrected chi connectivity index (χ1v) is 11.5. The van der Waals surface area contributed by atoms with Gasteiger partial charge < -0.3 is 10.1 Å². The Labute approximate surface area is 180 Å². The van der Waals surface area contributed by atoms with Gasteiger partial charge in [0.05, 0.1) is 31.2 Å². The van der Waals surface area contributed by atoms with E-state index >= 15 is 0 Å². The van der Waals surface area contributed by atoms with E-state index < -0.39 is 0 Å². The second kappa shape index (κ2) is 8.19. The topological polar surface area (TPSA) is 50.3 Å². The fourth-order valence-electron chi connectivity index (χ4n) is 4.24. The number of ether oxygens (including phenoxy) is 1. The first kappa shape index (κ1) is 19.2. The first-order valence-electron chi connectivity index (χ1n) is 10.3. The van der Waals surface area contributed by atoms with Crippen LogP contribution < -0.4 is 5.32 Å². The molecule has 3 aromatic rings. The van der Waals surface area contributed by atoms with Crippen LogP contribution in [0.25, 0.3) is 10.2 Å². The van der Waals surface area contributed by atoms with Crippen molar-refractivity contribution >= 4 is 39.0 Å². The quantitative estimate of drug-likeness (QED) is 0.630. The van der Waals surface area contributed by atoms with Crippen LogP contribution in [0.2, 0.25) is 5.02 Å². The largest absolute Gasteiger partial charge is 0.379 e. The molecule has 152 valence electrons. The predicted octanol–water partition coefficient (Wildman–Crippen LogP) is 4.84. The number of aryl methyl sites for hydroxylation is 2. The molecule has 0 spiro atoms. The molecule has 1 N–H and O–H groups in total. The highest BCUT2D eigenvalue weighted by atomic mass is 35.5. The van der Waals surface area contributed by atoms with E-state index in [2.05, 4.69) is 23.2 Å². The number of hydrogen-bond donors (Lipinski definition) is 1. The monoisotopic (exact) mass is 428 g/mol. The van der Waals surface area contributed by atoms with Gasteiger partial charge in [-0.25, -0.2) is 9.97 Å². The molecule has 0 radical (unpaired) electrons. The Bertz CT molecular complexity index is 1030. The van der Waals surface area contributed by atoms with Crippen molar-refractivity contribution in [3.05, 3.63) is 51.1 Å². The average Bonchev–Trinajstić information content (AvgIpc) is 3.29. The van der Waals surface area contributed by atoms with Crippen LogP contribution >= 0.6 is 22.9 Å². The summed E-state index contributed by atoms with van der Waals surface area (Å²) in [6.07, 6.45) is 3.52. The SMILES string of the molecule is C[C@@H](Nc1nc(CN2CCOCC2)nc2sc3c(c12)CCC3)c1cccc(Cl)c1. The normalized spacial score (nSPS) is 18.1. The first-order chi connectivity index (χ1) is 14.2. The van der Waals surface area contributed by atoms with E-state index in [4.69, 9.17) is 26.3 Å². The summed E-state index contributed by atoms with van der Waals surface area (Å²) >= 11 is 8.06. The van der Waals surface area contributed by atoms with Crippen molar-refractivity contribution in [1.82, 2.24) is 14.9 Å². The van der Waals surface area contributed by atoms with Crippen LogP contribution in [0.3, 0.4) is 0 Å². The molecule has 1 fully saturated rings. The molecule has 0 unspecified atom stereocenters. The zero-order chi connectivity index (χ0) is 19.8. The third kappa shape index (κ3) is 3.99. The highest BCUT2D eigenvalue weighted by molar-refractivity contribution is 7.19. The number of morpholine rings is 1. The van der Waals surface area contributed by atoms with Crippen LogP contribution in [0, 0.1) is 0 Å². The maximum atomic E-state index is 6.21. The number of nitrogens with zero attached hydrogens (tertiary/aromatic N) is 3. The van der Waals surface area contributed by atoms with Gasteiger partial charge in [-0.15, -0.1) is 11.3 Å². The molecule has 1 saturated heterocycles. The lowest BCUT2D eigenvalue weighted by Crippen LogP contribution is -2.36. The van der Waals surface area contributed by atoms with Crippen LogP contribution in [-0.2, 0) is 24.1 Å². The minimum Gasteiger partial charge on any atom is -0.379 e. The average molecular weight is 429 g/mol. The predicted molar refractivity (Wildman–Crippen MR) is 119 cm³/mol. The Morgan fingerprint density at radius 1 is 1.24 bits per heavy atom. The summed E-state index contributed by atoms with van der Waals surface area (Å²) in [5, 5.41) is 5.66. The molecular weight excluding hydrogens is 404 g/mol. The number of benzene rings is 1. The van der Waals surface area contributed by atoms with Gasteiger partial charge in [0.15, 0.2) is 0 Å². The Balaban J connectivity index is 1.50. The lowest BCUT2D eigenvalue weighted by molar-refractivity contribution is 0.0331. The standard InChI is InChI=1S/C22H25ClN4OS/c1-14(15-4-2-5-16(23)12-15)24-21-20-17-6-3-7-18(17)29-22(20)26-19(25-21)13-27-8-10-28-11-9-27/h2,4-5,12,14H,3,6-11,13H2,1H3,(H,24,25,26)/t14-/m1/s1. The van der Waals surface area contributed by atoms with Gasteiger partial charge in [0.25, 0.3) is 0 Å². The second-order valence-electron chi connectivity index (χ2n) is 7.84. The number of hydrogen-bond acceptors (Lipinski definition) is 6. The van der Waals surface area contributed by atoms with Gasteiger partial charge in [-0.05, 0) is 49.4 Å². The summed E-state index contributed by atoms with van der Waals surface area (Å²) < 4.78 is 5.48. The summed E-state index contributed by atoms with van der Waals surface area (Å²) in [5.41, 5.74) is 2.61. The third-order valence-electron chi connectivity index (χ3n) is 5.78. The third-order valence-corrected chi connectivity index (χ3v) is 7.20. The van der Waals surface area contributed by atoms with Crippen molar-refractivity contribution < 1.29 is 4.74 Å². The summed E-state index contributed by atoms with van der Waals surface area (Å²) in [7, 11) is 0. The van der Waals surface area contributed by atoms with Crippen LogP contribution in [0.1, 0.15) is 41.2 Å². The van der Waals surface area contributed by atoms with E-state index in [-0.39, 0.29) is 6.04 Å². The van der Waals surface area contributed by atoms with Gasteiger partial charge >= 0.3 is 0 Å². The highest BCUT2D eigenvalue weighted by Crippen LogP contribution is 2.40. The van der Waals surface area contributed by atoms with Gasteiger partial charge in [0, 0.05) is 23.0 Å². The summed E-state index contributed by atoms with van der Waals surface area (Å²) in [4.78, 5) is 14.9. The highest BCUT2D eigenvalue weighted by Gasteiger charge is 2.24. The van der Waals surface area contributed by atoms with Crippen LogP contribution in [0.5, 0.6) is 0 Å². The Morgan fingerprint density at radius 3 is 2.93 bits per heavy atom. The number of thiophene rings is 1. The molecule has 1 atom stereocenters. The maximum Gasteiger partial charge on any atom is 0.146 e. The molecule has 1 aliphatic heterocycles. The zero-order valence-electron chi connectivity index (χ0n) is 16.6. The minimum atomic E-state index is 0.111. The molecule has 5 nitrogen and oxygen atoms in total. The zero-order valence-corrected chi connectivity index (χ0v) is 18.2. The number of anilines is 1. The van der Waals surface area contributed by atoms with Crippen molar-refractivity contribution in [3.8, 4) is 0 Å². The number of halogens is 1. The lowest BCUT2D eigenvalue weighted by atomic mass is 10.1. The van der Waals surface area contributed by atoms with Crippen molar-refractivity contribution in [1.29, 1.82) is 0 Å². The molecule has 29 heavy (non-hydrogen) atoms. The van der Waals surface area contributed by atoms with Crippen LogP contribution in [0.15, 0.2) is 24.3 Å². The summed E-state index contributed by atoms with van der Waals surface area (Å²) in [6, 6.07) is 8.14. The van der Waals surface area contributed by atoms with E-state index in [1.54, 1.807) is 0 Å². The molecule has 7 heteroatoms. The summed E-state index contributed by atoms with van der Waals surface area (Å²) in [5.74, 6) is 1.85. The van der Waals surface area contributed by atoms with Crippen molar-refractivity contribution in [2.75, 3.05) is 31.6 Å². The smallest absolute Gasteiger partial charge is 0.146 e. The molecular formula is C22H25ClN4OS. The molecule has 2 aromatic heterocycles. The van der Waals surface area contributed by atoms with Crippen LogP contribution in [-0.4, -0.2) is 41.2 Å². The van der Waals surface area contributed by atoms with E-state index in [1.807, 2.05) is 29.5 Å². The number of aromatic nitrogens is 2. The van der Waals surface area contributed by atoms with E-state index in [0.29, 0.717) is 0 Å². The van der Waals surface area contributed by atoms with Crippen LogP contribution in [0.4, 0.5) is 5.82 Å². The molecule has 5 rings (SSSR count). The molecule has 0 bridgehead atoms. The molecule has 0 saturated carbocycles. The summed E-state index contributed by atoms with van der Waals surface area (Å²) in [6.45, 7) is 6.36. The minimum absolute atomic E-state index is 0.111. The van der Waals surface area contributed by atoms with Gasteiger partial charge in [0.1, 0.15) is 16.5 Å². The van der Waals surface area contributed by atoms with Gasteiger partial charge in [-0.1, -0.05) is 23.7 Å². The Kier molecular flexibility index (Phi) is 5.43. The molecule has 1 aromatic carbocycles. The van der Waals surface area contributed by atoms with Gasteiger partial charge in [-0.3, -0.25) is 4.90 Å². The van der Waals surface area contributed by atoms with Gasteiger partial charge in [-0.2, -0.15) is 0 Å². The lowest BCUT2D eigenvalue weighted by Gasteiger charge is -2.26. The number of fused-ring (bicyclic) bond motifs is 3. The fraction of sp³-hybridized carbons (Fsp3) is 0.455. The van der Waals surface area contributed by atoms with E-state index in [9.17, 15) is 0 Å². The Morgan fingerprint density at radius 2 is 2.10 bits per heavy atom. The number of nitrogens with one attached hydrogen (secondary N) is 1. The van der Waals surface area contributed by atoms with Gasteiger partial charge in [0.2, 0.25) is 0 Å². The van der Waals surface area contributed by atoms with Crippen molar-refractivity contribution in [3.63, 3.8) is 0 Å². The van der Waals surface area contributed by atoms with E-state index in [1.165, 1.54) is 28.7 Å². The number of rotatable bonds is 5. The molecule has 0 amide bonds. The molecule has 3 heterocycles. The molecule has 2 aliphatic rings. The Hall–Kier alpha value is -1.73. The van der Waals surface area contributed by atoms with Crippen molar-refractivity contribution in [2.24, 2.45) is 0 Å². The second-order valence-corrected chi connectivity index (χ2v) is 9.36.